The largest absolute Gasteiger partial charge is 0.398 e. The third kappa shape index (κ3) is 3.90. The monoisotopic (exact) mass is 322 g/mol. The molecule has 0 heterocycles. The molecule has 1 amide bonds. The molecule has 21 heavy (non-hydrogen) atoms. The third-order valence-electron chi connectivity index (χ3n) is 3.24. The lowest BCUT2D eigenvalue weighted by Gasteiger charge is -2.18. The van der Waals surface area contributed by atoms with Gasteiger partial charge in [0.25, 0.3) is 5.91 Å². The van der Waals surface area contributed by atoms with Gasteiger partial charge in [0.2, 0.25) is 0 Å². The fourth-order valence-corrected chi connectivity index (χ4v) is 2.40. The first-order valence-corrected chi connectivity index (χ1v) is 7.38. The highest BCUT2D eigenvalue weighted by Gasteiger charge is 2.16. The summed E-state index contributed by atoms with van der Waals surface area (Å²) in [6.07, 6.45) is 0.765. The zero-order valence-corrected chi connectivity index (χ0v) is 13.1. The quantitative estimate of drug-likeness (QED) is 0.816. The minimum atomic E-state index is -0.217. The second-order valence-electron chi connectivity index (χ2n) is 4.72. The Bertz CT molecular complexity index is 641. The smallest absolute Gasteiger partial charge is 0.253 e. The van der Waals surface area contributed by atoms with Gasteiger partial charge in [-0.3, -0.25) is 4.79 Å². The molecule has 3 nitrogen and oxygen atoms in total. The van der Waals surface area contributed by atoms with Gasteiger partial charge in [0.15, 0.2) is 0 Å². The Balaban J connectivity index is 2.18. The molecule has 2 aromatic carbocycles. The molecule has 2 aromatic rings. The van der Waals surface area contributed by atoms with E-state index in [0.29, 0.717) is 21.3 Å². The molecule has 0 spiro atoms. The Morgan fingerprint density at radius 1 is 1.14 bits per heavy atom. The number of nitrogens with one attached hydrogen (secondary N) is 1. The van der Waals surface area contributed by atoms with E-state index in [4.69, 9.17) is 28.9 Å². The van der Waals surface area contributed by atoms with Gasteiger partial charge in [0.1, 0.15) is 0 Å². The predicted molar refractivity (Wildman–Crippen MR) is 87.8 cm³/mol. The molecule has 0 fully saturated rings. The van der Waals surface area contributed by atoms with Gasteiger partial charge < -0.3 is 11.1 Å². The molecule has 3 N–H and O–H groups in total. The van der Waals surface area contributed by atoms with Crippen molar-refractivity contribution in [1.82, 2.24) is 5.32 Å². The van der Waals surface area contributed by atoms with Crippen molar-refractivity contribution in [3.63, 3.8) is 0 Å². The SMILES string of the molecule is CCC(NC(=O)c1ccc(Cl)cc1N)c1ccc(Cl)cc1. The number of carbonyl (C=O) groups excluding carboxylic acids is 1. The second kappa shape index (κ2) is 6.83. The Morgan fingerprint density at radius 2 is 1.76 bits per heavy atom. The maximum Gasteiger partial charge on any atom is 0.253 e. The molecular weight excluding hydrogens is 307 g/mol. The Labute approximate surface area is 134 Å². The topological polar surface area (TPSA) is 55.1 Å². The molecule has 0 aliphatic heterocycles. The zero-order valence-electron chi connectivity index (χ0n) is 11.6. The molecule has 2 rings (SSSR count). The first-order valence-electron chi connectivity index (χ1n) is 6.62. The van der Waals surface area contributed by atoms with Crippen molar-refractivity contribution < 1.29 is 4.79 Å². The summed E-state index contributed by atoms with van der Waals surface area (Å²) in [5.74, 6) is -0.217. The molecule has 0 saturated heterocycles. The molecule has 0 saturated carbocycles. The van der Waals surface area contributed by atoms with E-state index in [1.807, 2.05) is 31.2 Å². The molecule has 110 valence electrons. The number of anilines is 1. The van der Waals surface area contributed by atoms with Crippen LogP contribution in [0.25, 0.3) is 0 Å². The molecular formula is C16H16Cl2N2O. The number of hydrogen-bond donors (Lipinski definition) is 2. The molecule has 1 unspecified atom stereocenters. The van der Waals surface area contributed by atoms with E-state index in [0.717, 1.165) is 12.0 Å². The van der Waals surface area contributed by atoms with Crippen molar-refractivity contribution >= 4 is 34.8 Å². The van der Waals surface area contributed by atoms with Crippen LogP contribution in [0.3, 0.4) is 0 Å². The molecule has 0 radical (unpaired) electrons. The van der Waals surface area contributed by atoms with Gasteiger partial charge in [0.05, 0.1) is 11.6 Å². The van der Waals surface area contributed by atoms with Crippen LogP contribution in [0, 0.1) is 0 Å². The number of rotatable bonds is 4. The molecule has 1 atom stereocenters. The fraction of sp³-hybridized carbons (Fsp3) is 0.188. The number of hydrogen-bond acceptors (Lipinski definition) is 2. The van der Waals surface area contributed by atoms with E-state index in [1.165, 1.54) is 0 Å². The number of nitrogens with two attached hydrogens (primary N) is 1. The molecule has 0 bridgehead atoms. The fourth-order valence-electron chi connectivity index (χ4n) is 2.09. The average molecular weight is 323 g/mol. The highest BCUT2D eigenvalue weighted by Crippen LogP contribution is 2.22. The molecule has 0 aromatic heterocycles. The Kier molecular flexibility index (Phi) is 5.10. The summed E-state index contributed by atoms with van der Waals surface area (Å²) >= 11 is 11.7. The Hall–Kier alpha value is -1.71. The summed E-state index contributed by atoms with van der Waals surface area (Å²) in [5.41, 5.74) is 7.63. The van der Waals surface area contributed by atoms with Gasteiger partial charge in [-0.1, -0.05) is 42.3 Å². The van der Waals surface area contributed by atoms with E-state index in [2.05, 4.69) is 5.32 Å². The van der Waals surface area contributed by atoms with Crippen LogP contribution in [-0.2, 0) is 0 Å². The van der Waals surface area contributed by atoms with Gasteiger partial charge in [-0.2, -0.15) is 0 Å². The van der Waals surface area contributed by atoms with Gasteiger partial charge >= 0.3 is 0 Å². The summed E-state index contributed by atoms with van der Waals surface area (Å²) in [5, 5.41) is 4.15. The minimum absolute atomic E-state index is 0.0927. The number of benzene rings is 2. The lowest BCUT2D eigenvalue weighted by atomic mass is 10.0. The third-order valence-corrected chi connectivity index (χ3v) is 3.73. The van der Waals surface area contributed by atoms with Crippen LogP contribution in [-0.4, -0.2) is 5.91 Å². The van der Waals surface area contributed by atoms with E-state index < -0.39 is 0 Å². The predicted octanol–water partition coefficient (Wildman–Crippen LogP) is 4.46. The van der Waals surface area contributed by atoms with Crippen LogP contribution >= 0.6 is 23.2 Å². The van der Waals surface area contributed by atoms with Crippen molar-refractivity contribution in [2.75, 3.05) is 5.73 Å². The van der Waals surface area contributed by atoms with Crippen LogP contribution < -0.4 is 11.1 Å². The molecule has 5 heteroatoms. The Morgan fingerprint density at radius 3 is 2.33 bits per heavy atom. The molecule has 0 aliphatic carbocycles. The number of nitrogen functional groups attached to an aromatic ring is 1. The lowest BCUT2D eigenvalue weighted by Crippen LogP contribution is -2.28. The maximum absolute atomic E-state index is 12.3. The highest BCUT2D eigenvalue weighted by atomic mass is 35.5. The number of halogens is 2. The van der Waals surface area contributed by atoms with E-state index in [1.54, 1.807) is 18.2 Å². The summed E-state index contributed by atoms with van der Waals surface area (Å²) in [7, 11) is 0. The highest BCUT2D eigenvalue weighted by molar-refractivity contribution is 6.31. The lowest BCUT2D eigenvalue weighted by molar-refractivity contribution is 0.0936. The summed E-state index contributed by atoms with van der Waals surface area (Å²) < 4.78 is 0. The zero-order chi connectivity index (χ0) is 15.4. The van der Waals surface area contributed by atoms with Crippen LogP contribution in [0.4, 0.5) is 5.69 Å². The normalized spacial score (nSPS) is 12.0. The van der Waals surface area contributed by atoms with Crippen molar-refractivity contribution in [2.45, 2.75) is 19.4 Å². The van der Waals surface area contributed by atoms with Crippen molar-refractivity contribution in [3.05, 3.63) is 63.6 Å². The van der Waals surface area contributed by atoms with E-state index in [9.17, 15) is 4.79 Å². The van der Waals surface area contributed by atoms with Gasteiger partial charge in [-0.05, 0) is 42.3 Å². The van der Waals surface area contributed by atoms with E-state index in [-0.39, 0.29) is 11.9 Å². The van der Waals surface area contributed by atoms with Crippen molar-refractivity contribution in [2.24, 2.45) is 0 Å². The molecule has 0 aliphatic rings. The van der Waals surface area contributed by atoms with Crippen LogP contribution in [0.2, 0.25) is 10.0 Å². The average Bonchev–Trinajstić information content (AvgIpc) is 2.45. The first kappa shape index (κ1) is 15.7. The van der Waals surface area contributed by atoms with Gasteiger partial charge in [-0.15, -0.1) is 0 Å². The van der Waals surface area contributed by atoms with E-state index >= 15 is 0 Å². The van der Waals surface area contributed by atoms with Crippen LogP contribution in [0.5, 0.6) is 0 Å². The number of amides is 1. The number of carbonyl (C=O) groups is 1. The maximum atomic E-state index is 12.3. The van der Waals surface area contributed by atoms with Crippen LogP contribution in [0.1, 0.15) is 35.3 Å². The van der Waals surface area contributed by atoms with Crippen LogP contribution in [0.15, 0.2) is 42.5 Å². The second-order valence-corrected chi connectivity index (χ2v) is 5.59. The summed E-state index contributed by atoms with van der Waals surface area (Å²) in [4.78, 5) is 12.3. The van der Waals surface area contributed by atoms with Gasteiger partial charge in [0, 0.05) is 15.7 Å². The van der Waals surface area contributed by atoms with Crippen molar-refractivity contribution in [1.29, 1.82) is 0 Å². The first-order chi connectivity index (χ1) is 10.0. The standard InChI is InChI=1S/C16H16Cl2N2O/c1-2-15(10-3-5-11(17)6-4-10)20-16(21)13-8-7-12(18)9-14(13)19/h3-9,15H,2,19H2,1H3,(H,20,21). The minimum Gasteiger partial charge on any atom is -0.398 e. The summed E-state index contributed by atoms with van der Waals surface area (Å²) in [6.45, 7) is 2.00. The summed E-state index contributed by atoms with van der Waals surface area (Å²) in [6, 6.07) is 12.2. The van der Waals surface area contributed by atoms with Gasteiger partial charge in [-0.25, -0.2) is 0 Å². The van der Waals surface area contributed by atoms with Crippen molar-refractivity contribution in [3.8, 4) is 0 Å².